The fraction of sp³-hybridized carbons (Fsp3) is 0.333. The molecule has 0 atom stereocenters. The summed E-state index contributed by atoms with van der Waals surface area (Å²) < 4.78 is 0. The smallest absolute Gasteiger partial charge is 0.231 e. The SMILES string of the molecule is O=C1CC(=S)N1. The molecule has 32 valence electrons. The molecular weight excluding hydrogens is 98.1 g/mol. The summed E-state index contributed by atoms with van der Waals surface area (Å²) in [6, 6.07) is 0. The summed E-state index contributed by atoms with van der Waals surface area (Å²) in [5, 5.41) is 2.40. The summed E-state index contributed by atoms with van der Waals surface area (Å²) in [4.78, 5) is 10.6. The lowest BCUT2D eigenvalue weighted by atomic mass is 10.3. The molecule has 1 amide bonds. The van der Waals surface area contributed by atoms with Gasteiger partial charge in [-0.3, -0.25) is 4.79 Å². The Kier molecular flexibility index (Phi) is 0.630. The Balaban J connectivity index is 2.47. The Morgan fingerprint density at radius 2 is 2.33 bits per heavy atom. The average molecular weight is 101 g/mol. The third-order valence-corrected chi connectivity index (χ3v) is 0.846. The lowest BCUT2D eigenvalue weighted by Crippen LogP contribution is -2.42. The molecule has 0 aromatic heterocycles. The Morgan fingerprint density at radius 3 is 2.33 bits per heavy atom. The van der Waals surface area contributed by atoms with Crippen LogP contribution in [0.4, 0.5) is 0 Å². The highest BCUT2D eigenvalue weighted by atomic mass is 32.1. The van der Waals surface area contributed by atoms with Gasteiger partial charge in [0.25, 0.3) is 0 Å². The van der Waals surface area contributed by atoms with Gasteiger partial charge in [0.1, 0.15) is 0 Å². The van der Waals surface area contributed by atoms with Gasteiger partial charge < -0.3 is 5.32 Å². The molecule has 0 aliphatic carbocycles. The Hall–Kier alpha value is -0.440. The van der Waals surface area contributed by atoms with Crippen molar-refractivity contribution in [3.8, 4) is 0 Å². The number of nitrogens with one attached hydrogen (secondary N) is 1. The molecule has 0 radical (unpaired) electrons. The molecule has 0 spiro atoms. The van der Waals surface area contributed by atoms with E-state index in [4.69, 9.17) is 0 Å². The van der Waals surface area contributed by atoms with Crippen LogP contribution in [0.1, 0.15) is 6.42 Å². The first-order valence-electron chi connectivity index (χ1n) is 1.62. The predicted octanol–water partition coefficient (Wildman–Crippen LogP) is -0.166. The van der Waals surface area contributed by atoms with Crippen molar-refractivity contribution >= 4 is 23.1 Å². The minimum absolute atomic E-state index is 0.0417. The molecule has 1 heterocycles. The number of carbonyl (C=O) groups is 1. The molecule has 0 aromatic carbocycles. The number of rotatable bonds is 0. The quantitative estimate of drug-likeness (QED) is 0.339. The third-order valence-electron chi connectivity index (χ3n) is 0.600. The number of hydrogen-bond donors (Lipinski definition) is 1. The Labute approximate surface area is 40.5 Å². The van der Waals surface area contributed by atoms with Gasteiger partial charge in [-0.15, -0.1) is 0 Å². The van der Waals surface area contributed by atoms with Gasteiger partial charge in [-0.2, -0.15) is 0 Å². The lowest BCUT2D eigenvalue weighted by molar-refractivity contribution is -0.120. The van der Waals surface area contributed by atoms with Crippen LogP contribution < -0.4 is 5.32 Å². The number of thiocarbonyl (C=S) groups is 1. The van der Waals surface area contributed by atoms with Crippen molar-refractivity contribution in [3.63, 3.8) is 0 Å². The summed E-state index contributed by atoms with van der Waals surface area (Å²) in [5.74, 6) is 0.0417. The van der Waals surface area contributed by atoms with Crippen molar-refractivity contribution < 1.29 is 4.79 Å². The van der Waals surface area contributed by atoms with Gasteiger partial charge in [0.2, 0.25) is 5.91 Å². The molecule has 2 nitrogen and oxygen atoms in total. The summed E-state index contributed by atoms with van der Waals surface area (Å²) in [5.41, 5.74) is 0. The first-order valence-corrected chi connectivity index (χ1v) is 2.02. The van der Waals surface area contributed by atoms with Crippen LogP contribution in [0.3, 0.4) is 0 Å². The van der Waals surface area contributed by atoms with E-state index in [1.807, 2.05) is 0 Å². The maximum Gasteiger partial charge on any atom is 0.231 e. The van der Waals surface area contributed by atoms with Crippen molar-refractivity contribution in [2.45, 2.75) is 6.42 Å². The first kappa shape index (κ1) is 3.74. The molecule has 0 unspecified atom stereocenters. The fourth-order valence-electron chi connectivity index (χ4n) is 0.283. The third kappa shape index (κ3) is 0.408. The van der Waals surface area contributed by atoms with E-state index in [0.717, 1.165) is 0 Å². The highest BCUT2D eigenvalue weighted by Gasteiger charge is 2.15. The van der Waals surface area contributed by atoms with E-state index in [-0.39, 0.29) is 5.91 Å². The van der Waals surface area contributed by atoms with E-state index in [9.17, 15) is 4.79 Å². The molecular formula is C3H3NOS. The normalized spacial score (nSPS) is 19.3. The van der Waals surface area contributed by atoms with Crippen molar-refractivity contribution in [1.29, 1.82) is 0 Å². The minimum atomic E-state index is 0.0417. The number of hydrogen-bond acceptors (Lipinski definition) is 2. The van der Waals surface area contributed by atoms with Gasteiger partial charge in [-0.1, -0.05) is 12.2 Å². The van der Waals surface area contributed by atoms with Gasteiger partial charge in [0.15, 0.2) is 0 Å². The Morgan fingerprint density at radius 1 is 1.83 bits per heavy atom. The fourth-order valence-corrected chi connectivity index (χ4v) is 0.528. The van der Waals surface area contributed by atoms with E-state index in [0.29, 0.717) is 11.4 Å². The van der Waals surface area contributed by atoms with Crippen LogP contribution in [-0.4, -0.2) is 10.9 Å². The molecule has 1 aliphatic rings. The van der Waals surface area contributed by atoms with Crippen molar-refractivity contribution in [1.82, 2.24) is 5.32 Å². The van der Waals surface area contributed by atoms with E-state index >= 15 is 0 Å². The highest BCUT2D eigenvalue weighted by molar-refractivity contribution is 7.80. The second-order valence-corrected chi connectivity index (χ2v) is 1.64. The highest BCUT2D eigenvalue weighted by Crippen LogP contribution is 1.93. The van der Waals surface area contributed by atoms with Crippen LogP contribution in [0, 0.1) is 0 Å². The predicted molar refractivity (Wildman–Crippen MR) is 25.4 cm³/mol. The van der Waals surface area contributed by atoms with Gasteiger partial charge in [0.05, 0.1) is 11.4 Å². The monoisotopic (exact) mass is 101 g/mol. The van der Waals surface area contributed by atoms with Crippen LogP contribution in [0.2, 0.25) is 0 Å². The zero-order valence-electron chi connectivity index (χ0n) is 3.02. The molecule has 1 fully saturated rings. The molecule has 0 saturated carbocycles. The van der Waals surface area contributed by atoms with Crippen molar-refractivity contribution in [2.24, 2.45) is 0 Å². The topological polar surface area (TPSA) is 29.1 Å². The van der Waals surface area contributed by atoms with Gasteiger partial charge in [0, 0.05) is 0 Å². The molecule has 6 heavy (non-hydrogen) atoms. The second kappa shape index (κ2) is 1.01. The maximum absolute atomic E-state index is 9.91. The van der Waals surface area contributed by atoms with Crippen molar-refractivity contribution in [2.75, 3.05) is 0 Å². The van der Waals surface area contributed by atoms with E-state index in [1.165, 1.54) is 0 Å². The summed E-state index contributed by atoms with van der Waals surface area (Å²) in [7, 11) is 0. The van der Waals surface area contributed by atoms with Gasteiger partial charge >= 0.3 is 0 Å². The summed E-state index contributed by atoms with van der Waals surface area (Å²) >= 11 is 4.53. The Bertz CT molecular complexity index is 87.4. The van der Waals surface area contributed by atoms with Gasteiger partial charge in [-0.05, 0) is 0 Å². The molecule has 0 aromatic rings. The zero-order valence-corrected chi connectivity index (χ0v) is 3.84. The minimum Gasteiger partial charge on any atom is -0.320 e. The van der Waals surface area contributed by atoms with Crippen LogP contribution in [0.5, 0.6) is 0 Å². The maximum atomic E-state index is 9.91. The van der Waals surface area contributed by atoms with E-state index in [1.54, 1.807) is 0 Å². The van der Waals surface area contributed by atoms with Crippen LogP contribution in [0.15, 0.2) is 0 Å². The number of amides is 1. The standard InChI is InChI=1S/C3H3NOS/c5-2-1-3(6)4-2/h1H2,(H,4,5,6). The van der Waals surface area contributed by atoms with Crippen molar-refractivity contribution in [3.05, 3.63) is 0 Å². The largest absolute Gasteiger partial charge is 0.320 e. The zero-order chi connectivity index (χ0) is 4.57. The second-order valence-electron chi connectivity index (χ2n) is 1.15. The van der Waals surface area contributed by atoms with E-state index in [2.05, 4.69) is 17.5 Å². The lowest BCUT2D eigenvalue weighted by Gasteiger charge is -2.12. The number of carbonyl (C=O) groups excluding carboxylic acids is 1. The average Bonchev–Trinajstić information content (AvgIpc) is 1.33. The van der Waals surface area contributed by atoms with Crippen LogP contribution in [-0.2, 0) is 4.79 Å². The number of β-lactam (4-membered cyclic amide) rings is 1. The molecule has 3 heteroatoms. The molecule has 1 rings (SSSR count). The summed E-state index contributed by atoms with van der Waals surface area (Å²) in [6.45, 7) is 0. The van der Waals surface area contributed by atoms with Crippen LogP contribution >= 0.6 is 12.2 Å². The molecule has 1 saturated heterocycles. The first-order chi connectivity index (χ1) is 2.79. The molecule has 0 bridgehead atoms. The summed E-state index contributed by atoms with van der Waals surface area (Å²) in [6.07, 6.45) is 0.454. The molecule has 1 N–H and O–H groups in total. The molecule has 1 aliphatic heterocycles. The van der Waals surface area contributed by atoms with E-state index < -0.39 is 0 Å². The van der Waals surface area contributed by atoms with Crippen LogP contribution in [0.25, 0.3) is 0 Å². The van der Waals surface area contributed by atoms with Gasteiger partial charge in [-0.25, -0.2) is 0 Å².